The lowest BCUT2D eigenvalue weighted by molar-refractivity contribution is 0.250. The van der Waals surface area contributed by atoms with E-state index in [4.69, 9.17) is 0 Å². The van der Waals surface area contributed by atoms with Gasteiger partial charge in [-0.3, -0.25) is 0 Å². The van der Waals surface area contributed by atoms with Crippen molar-refractivity contribution in [3.05, 3.63) is 29.8 Å². The van der Waals surface area contributed by atoms with Crippen LogP contribution in [0.25, 0.3) is 0 Å². The van der Waals surface area contributed by atoms with Crippen LogP contribution in [0.4, 0.5) is 10.5 Å². The summed E-state index contributed by atoms with van der Waals surface area (Å²) in [5.74, 6) is 0.500. The van der Waals surface area contributed by atoms with Gasteiger partial charge >= 0.3 is 6.03 Å². The van der Waals surface area contributed by atoms with E-state index in [1.165, 1.54) is 5.56 Å². The summed E-state index contributed by atoms with van der Waals surface area (Å²) in [6.07, 6.45) is 2.18. The van der Waals surface area contributed by atoms with Crippen molar-refractivity contribution in [1.82, 2.24) is 10.6 Å². The summed E-state index contributed by atoms with van der Waals surface area (Å²) in [5, 5.41) is 9.24. The summed E-state index contributed by atoms with van der Waals surface area (Å²) >= 11 is 0. The van der Waals surface area contributed by atoms with Gasteiger partial charge in [-0.2, -0.15) is 0 Å². The van der Waals surface area contributed by atoms with E-state index in [-0.39, 0.29) is 12.1 Å². The number of nitrogens with one attached hydrogen (secondary N) is 3. The molecule has 118 valence electrons. The summed E-state index contributed by atoms with van der Waals surface area (Å²) in [6, 6.07) is 8.14. The van der Waals surface area contributed by atoms with Crippen LogP contribution in [0.2, 0.25) is 0 Å². The number of benzene rings is 1. The Bertz CT molecular complexity index is 434. The van der Waals surface area contributed by atoms with Crippen LogP contribution in [0, 0.1) is 5.92 Å². The predicted octanol–water partition coefficient (Wildman–Crippen LogP) is 3.91. The van der Waals surface area contributed by atoms with Crippen molar-refractivity contribution >= 4 is 11.7 Å². The number of amides is 2. The number of carbonyl (C=O) groups is 1. The highest BCUT2D eigenvalue weighted by atomic mass is 16.2. The van der Waals surface area contributed by atoms with Gasteiger partial charge in [0.1, 0.15) is 0 Å². The topological polar surface area (TPSA) is 53.2 Å². The standard InChI is InChI=1S/C17H29N3O/c1-5-10-18-14(4)15-8-7-9-16(11-15)20-17(21)19-12-13(3)6-2/h7-9,11,13-14,18H,5-6,10,12H2,1-4H3,(H2,19,20,21). The van der Waals surface area contributed by atoms with Crippen molar-refractivity contribution in [2.75, 3.05) is 18.4 Å². The van der Waals surface area contributed by atoms with E-state index >= 15 is 0 Å². The van der Waals surface area contributed by atoms with Gasteiger partial charge in [-0.05, 0) is 43.5 Å². The number of rotatable bonds is 8. The molecule has 2 atom stereocenters. The van der Waals surface area contributed by atoms with Crippen LogP contribution in [0.5, 0.6) is 0 Å². The third-order valence-corrected chi connectivity index (χ3v) is 3.65. The predicted molar refractivity (Wildman–Crippen MR) is 89.6 cm³/mol. The van der Waals surface area contributed by atoms with E-state index in [1.807, 2.05) is 18.2 Å². The Labute approximate surface area is 128 Å². The zero-order valence-electron chi connectivity index (χ0n) is 13.7. The minimum Gasteiger partial charge on any atom is -0.338 e. The van der Waals surface area contributed by atoms with Gasteiger partial charge in [0, 0.05) is 18.3 Å². The molecule has 0 radical (unpaired) electrons. The van der Waals surface area contributed by atoms with Crippen molar-refractivity contribution in [2.24, 2.45) is 5.92 Å². The van der Waals surface area contributed by atoms with Crippen molar-refractivity contribution in [3.8, 4) is 0 Å². The largest absolute Gasteiger partial charge is 0.338 e. The maximum Gasteiger partial charge on any atom is 0.319 e. The van der Waals surface area contributed by atoms with Gasteiger partial charge in [-0.15, -0.1) is 0 Å². The fourth-order valence-corrected chi connectivity index (χ4v) is 1.95. The highest BCUT2D eigenvalue weighted by molar-refractivity contribution is 5.89. The van der Waals surface area contributed by atoms with Crippen molar-refractivity contribution in [1.29, 1.82) is 0 Å². The summed E-state index contributed by atoms with van der Waals surface area (Å²) in [6.45, 7) is 10.2. The number of hydrogen-bond acceptors (Lipinski definition) is 2. The second-order valence-corrected chi connectivity index (χ2v) is 5.65. The molecule has 0 bridgehead atoms. The van der Waals surface area contributed by atoms with E-state index in [9.17, 15) is 4.79 Å². The summed E-state index contributed by atoms with van der Waals surface area (Å²) in [5.41, 5.74) is 2.02. The third-order valence-electron chi connectivity index (χ3n) is 3.65. The Hall–Kier alpha value is -1.55. The SMILES string of the molecule is CCCNC(C)c1cccc(NC(=O)NCC(C)CC)c1. The van der Waals surface area contributed by atoms with Crippen LogP contribution >= 0.6 is 0 Å². The van der Waals surface area contributed by atoms with Crippen molar-refractivity contribution in [2.45, 2.75) is 46.6 Å². The smallest absolute Gasteiger partial charge is 0.319 e. The summed E-state index contributed by atoms with van der Waals surface area (Å²) < 4.78 is 0. The Kier molecular flexibility index (Phi) is 7.83. The molecule has 0 saturated heterocycles. The average Bonchev–Trinajstić information content (AvgIpc) is 2.50. The maximum absolute atomic E-state index is 11.8. The average molecular weight is 291 g/mol. The highest BCUT2D eigenvalue weighted by Gasteiger charge is 2.07. The lowest BCUT2D eigenvalue weighted by Gasteiger charge is -2.15. The Morgan fingerprint density at radius 1 is 1.24 bits per heavy atom. The minimum atomic E-state index is -0.137. The first-order valence-electron chi connectivity index (χ1n) is 7.95. The molecule has 2 amide bonds. The van der Waals surface area contributed by atoms with Crippen LogP contribution in [-0.4, -0.2) is 19.1 Å². The van der Waals surface area contributed by atoms with Gasteiger partial charge in [0.05, 0.1) is 0 Å². The van der Waals surface area contributed by atoms with E-state index in [0.717, 1.165) is 25.1 Å². The van der Waals surface area contributed by atoms with E-state index < -0.39 is 0 Å². The highest BCUT2D eigenvalue weighted by Crippen LogP contribution is 2.17. The lowest BCUT2D eigenvalue weighted by Crippen LogP contribution is -2.32. The molecule has 0 aliphatic heterocycles. The third kappa shape index (κ3) is 6.63. The number of anilines is 1. The van der Waals surface area contributed by atoms with Crippen LogP contribution in [0.3, 0.4) is 0 Å². The first-order valence-corrected chi connectivity index (χ1v) is 7.95. The number of hydrogen-bond donors (Lipinski definition) is 3. The van der Waals surface area contributed by atoms with E-state index in [0.29, 0.717) is 12.5 Å². The van der Waals surface area contributed by atoms with Crippen LogP contribution in [-0.2, 0) is 0 Å². The first kappa shape index (κ1) is 17.5. The van der Waals surface area contributed by atoms with Gasteiger partial charge in [0.2, 0.25) is 0 Å². The molecule has 1 aromatic carbocycles. The monoisotopic (exact) mass is 291 g/mol. The van der Waals surface area contributed by atoms with Crippen LogP contribution in [0.15, 0.2) is 24.3 Å². The molecule has 4 nitrogen and oxygen atoms in total. The van der Waals surface area contributed by atoms with Gasteiger partial charge in [-0.1, -0.05) is 39.3 Å². The second kappa shape index (κ2) is 9.40. The maximum atomic E-state index is 11.8. The molecular formula is C17H29N3O. The zero-order chi connectivity index (χ0) is 15.7. The molecule has 21 heavy (non-hydrogen) atoms. The quantitative estimate of drug-likeness (QED) is 0.680. The van der Waals surface area contributed by atoms with E-state index in [2.05, 4.69) is 49.7 Å². The Morgan fingerprint density at radius 3 is 2.67 bits per heavy atom. The lowest BCUT2D eigenvalue weighted by atomic mass is 10.1. The molecule has 2 unspecified atom stereocenters. The number of carbonyl (C=O) groups excluding carboxylic acids is 1. The first-order chi connectivity index (χ1) is 10.1. The molecule has 0 spiro atoms. The summed E-state index contributed by atoms with van der Waals surface area (Å²) in [7, 11) is 0. The summed E-state index contributed by atoms with van der Waals surface area (Å²) in [4.78, 5) is 11.8. The molecular weight excluding hydrogens is 262 g/mol. The zero-order valence-corrected chi connectivity index (χ0v) is 13.7. The molecule has 0 aliphatic carbocycles. The van der Waals surface area contributed by atoms with Crippen molar-refractivity contribution in [3.63, 3.8) is 0 Å². The molecule has 1 rings (SSSR count). The molecule has 4 heteroatoms. The fraction of sp³-hybridized carbons (Fsp3) is 0.588. The van der Waals surface area contributed by atoms with Gasteiger partial charge in [-0.25, -0.2) is 4.79 Å². The van der Waals surface area contributed by atoms with Gasteiger partial charge in [0.15, 0.2) is 0 Å². The number of urea groups is 1. The Morgan fingerprint density at radius 2 is 2.00 bits per heavy atom. The van der Waals surface area contributed by atoms with Crippen LogP contribution in [0.1, 0.15) is 52.1 Å². The van der Waals surface area contributed by atoms with Gasteiger partial charge in [0.25, 0.3) is 0 Å². The second-order valence-electron chi connectivity index (χ2n) is 5.65. The van der Waals surface area contributed by atoms with Crippen LogP contribution < -0.4 is 16.0 Å². The fourth-order valence-electron chi connectivity index (χ4n) is 1.95. The molecule has 0 saturated carbocycles. The molecule has 0 aliphatic rings. The molecule has 3 N–H and O–H groups in total. The van der Waals surface area contributed by atoms with Crippen molar-refractivity contribution < 1.29 is 4.79 Å². The minimum absolute atomic E-state index is 0.137. The molecule has 0 heterocycles. The normalized spacial score (nSPS) is 13.5. The Balaban J connectivity index is 2.53. The molecule has 0 aromatic heterocycles. The molecule has 0 fully saturated rings. The van der Waals surface area contributed by atoms with Gasteiger partial charge < -0.3 is 16.0 Å². The molecule has 1 aromatic rings. The van der Waals surface area contributed by atoms with E-state index in [1.54, 1.807) is 0 Å².